The standard InChI is InChI=1S/C14H15BrN2/c1-11-3-5-12(6-4-11)10-17(2)14-8-7-13(15)9-16-14/h3-9H,10H2,1-2H3. The highest BCUT2D eigenvalue weighted by Crippen LogP contribution is 2.15. The monoisotopic (exact) mass is 290 g/mol. The molecule has 0 unspecified atom stereocenters. The number of benzene rings is 1. The average Bonchev–Trinajstić information content (AvgIpc) is 2.33. The maximum absolute atomic E-state index is 4.37. The van der Waals surface area contributed by atoms with Crippen LogP contribution in [0.4, 0.5) is 5.82 Å². The molecule has 2 rings (SSSR count). The Hall–Kier alpha value is -1.35. The Morgan fingerprint density at radius 1 is 1.12 bits per heavy atom. The highest BCUT2D eigenvalue weighted by atomic mass is 79.9. The molecule has 0 spiro atoms. The maximum atomic E-state index is 4.37. The Bertz CT molecular complexity index is 477. The summed E-state index contributed by atoms with van der Waals surface area (Å²) in [7, 11) is 2.05. The number of aryl methyl sites for hydroxylation is 1. The summed E-state index contributed by atoms with van der Waals surface area (Å²) >= 11 is 3.39. The summed E-state index contributed by atoms with van der Waals surface area (Å²) < 4.78 is 1.00. The molecular formula is C14H15BrN2. The summed E-state index contributed by atoms with van der Waals surface area (Å²) in [5, 5.41) is 0. The third kappa shape index (κ3) is 3.30. The number of hydrogen-bond donors (Lipinski definition) is 0. The molecule has 0 aliphatic carbocycles. The van der Waals surface area contributed by atoms with Crippen molar-refractivity contribution in [2.24, 2.45) is 0 Å². The van der Waals surface area contributed by atoms with E-state index in [0.717, 1.165) is 16.8 Å². The van der Waals surface area contributed by atoms with E-state index in [2.05, 4.69) is 64.1 Å². The molecule has 0 saturated heterocycles. The van der Waals surface area contributed by atoms with Crippen LogP contribution in [0.25, 0.3) is 0 Å². The van der Waals surface area contributed by atoms with Gasteiger partial charge in [0.25, 0.3) is 0 Å². The van der Waals surface area contributed by atoms with Crippen LogP contribution in [0.1, 0.15) is 11.1 Å². The van der Waals surface area contributed by atoms with Crippen molar-refractivity contribution in [1.29, 1.82) is 0 Å². The number of nitrogens with zero attached hydrogens (tertiary/aromatic N) is 2. The van der Waals surface area contributed by atoms with Gasteiger partial charge < -0.3 is 4.90 Å². The summed E-state index contributed by atoms with van der Waals surface area (Å²) in [5.74, 6) is 0.980. The van der Waals surface area contributed by atoms with Crippen molar-refractivity contribution in [1.82, 2.24) is 4.98 Å². The highest BCUT2D eigenvalue weighted by Gasteiger charge is 2.03. The van der Waals surface area contributed by atoms with E-state index < -0.39 is 0 Å². The third-order valence-electron chi connectivity index (χ3n) is 2.64. The molecule has 1 aromatic carbocycles. The van der Waals surface area contributed by atoms with Gasteiger partial charge in [-0.05, 0) is 40.5 Å². The van der Waals surface area contributed by atoms with Crippen LogP contribution in [0.2, 0.25) is 0 Å². The SMILES string of the molecule is Cc1ccc(CN(C)c2ccc(Br)cn2)cc1. The molecular weight excluding hydrogens is 276 g/mol. The molecule has 0 saturated carbocycles. The molecule has 3 heteroatoms. The zero-order valence-electron chi connectivity index (χ0n) is 10.0. The van der Waals surface area contributed by atoms with E-state index in [1.54, 1.807) is 0 Å². The van der Waals surface area contributed by atoms with Gasteiger partial charge in [0.2, 0.25) is 0 Å². The number of aromatic nitrogens is 1. The minimum atomic E-state index is 0.870. The van der Waals surface area contributed by atoms with Gasteiger partial charge in [0.15, 0.2) is 0 Å². The van der Waals surface area contributed by atoms with Crippen LogP contribution in [-0.2, 0) is 6.54 Å². The Morgan fingerprint density at radius 3 is 2.41 bits per heavy atom. The largest absolute Gasteiger partial charge is 0.355 e. The molecule has 0 N–H and O–H groups in total. The van der Waals surface area contributed by atoms with E-state index in [4.69, 9.17) is 0 Å². The Balaban J connectivity index is 2.08. The van der Waals surface area contributed by atoms with E-state index in [9.17, 15) is 0 Å². The summed E-state index contributed by atoms with van der Waals surface area (Å²) in [6.07, 6.45) is 1.82. The first-order valence-electron chi connectivity index (χ1n) is 5.53. The molecule has 0 atom stereocenters. The molecule has 0 aliphatic rings. The van der Waals surface area contributed by atoms with Gasteiger partial charge in [-0.3, -0.25) is 0 Å². The topological polar surface area (TPSA) is 16.1 Å². The second kappa shape index (κ2) is 5.32. The molecule has 2 nitrogen and oxygen atoms in total. The fourth-order valence-electron chi connectivity index (χ4n) is 1.64. The number of anilines is 1. The van der Waals surface area contributed by atoms with Crippen LogP contribution < -0.4 is 4.90 Å². The van der Waals surface area contributed by atoms with E-state index in [0.29, 0.717) is 0 Å². The molecule has 2 aromatic rings. The summed E-state index contributed by atoms with van der Waals surface area (Å²) in [6, 6.07) is 12.6. The average molecular weight is 291 g/mol. The van der Waals surface area contributed by atoms with Crippen LogP contribution in [-0.4, -0.2) is 12.0 Å². The maximum Gasteiger partial charge on any atom is 0.128 e. The Kier molecular flexibility index (Phi) is 3.79. The zero-order chi connectivity index (χ0) is 12.3. The van der Waals surface area contributed by atoms with Crippen LogP contribution in [0.15, 0.2) is 47.1 Å². The molecule has 0 amide bonds. The summed E-state index contributed by atoms with van der Waals surface area (Å²) in [5.41, 5.74) is 2.58. The summed E-state index contributed by atoms with van der Waals surface area (Å²) in [4.78, 5) is 6.51. The minimum Gasteiger partial charge on any atom is -0.355 e. The second-order valence-corrected chi connectivity index (χ2v) is 5.09. The van der Waals surface area contributed by atoms with Gasteiger partial charge in [-0.2, -0.15) is 0 Å². The van der Waals surface area contributed by atoms with Crippen molar-refractivity contribution in [3.8, 4) is 0 Å². The van der Waals surface area contributed by atoms with Crippen molar-refractivity contribution >= 4 is 21.7 Å². The first-order chi connectivity index (χ1) is 8.15. The van der Waals surface area contributed by atoms with E-state index in [1.165, 1.54) is 11.1 Å². The second-order valence-electron chi connectivity index (χ2n) is 4.18. The molecule has 17 heavy (non-hydrogen) atoms. The van der Waals surface area contributed by atoms with Gasteiger partial charge >= 0.3 is 0 Å². The number of rotatable bonds is 3. The molecule has 1 aromatic heterocycles. The van der Waals surface area contributed by atoms with Gasteiger partial charge in [0, 0.05) is 24.3 Å². The van der Waals surface area contributed by atoms with Gasteiger partial charge in [0.1, 0.15) is 5.82 Å². The van der Waals surface area contributed by atoms with Gasteiger partial charge in [0.05, 0.1) is 0 Å². The first-order valence-corrected chi connectivity index (χ1v) is 6.33. The van der Waals surface area contributed by atoms with Crippen LogP contribution >= 0.6 is 15.9 Å². The highest BCUT2D eigenvalue weighted by molar-refractivity contribution is 9.10. The fraction of sp³-hybridized carbons (Fsp3) is 0.214. The van der Waals surface area contributed by atoms with Crippen LogP contribution in [0.5, 0.6) is 0 Å². The quantitative estimate of drug-likeness (QED) is 0.855. The normalized spacial score (nSPS) is 10.3. The minimum absolute atomic E-state index is 0.870. The molecule has 1 heterocycles. The van der Waals surface area contributed by atoms with Crippen molar-refractivity contribution in [2.45, 2.75) is 13.5 Å². The van der Waals surface area contributed by atoms with Gasteiger partial charge in [-0.25, -0.2) is 4.98 Å². The lowest BCUT2D eigenvalue weighted by Gasteiger charge is -2.18. The van der Waals surface area contributed by atoms with Gasteiger partial charge in [-0.1, -0.05) is 29.8 Å². The first kappa shape index (κ1) is 12.1. The predicted molar refractivity (Wildman–Crippen MR) is 75.2 cm³/mol. The molecule has 0 fully saturated rings. The third-order valence-corrected chi connectivity index (χ3v) is 3.11. The van der Waals surface area contributed by atoms with Crippen molar-refractivity contribution in [2.75, 3.05) is 11.9 Å². The van der Waals surface area contributed by atoms with Crippen molar-refractivity contribution < 1.29 is 0 Å². The van der Waals surface area contributed by atoms with Crippen LogP contribution in [0.3, 0.4) is 0 Å². The number of pyridine rings is 1. The number of hydrogen-bond acceptors (Lipinski definition) is 2. The summed E-state index contributed by atoms with van der Waals surface area (Å²) in [6.45, 7) is 2.97. The zero-order valence-corrected chi connectivity index (χ0v) is 11.6. The lowest BCUT2D eigenvalue weighted by molar-refractivity contribution is 0.897. The van der Waals surface area contributed by atoms with Crippen LogP contribution in [0, 0.1) is 6.92 Å². The molecule has 0 bridgehead atoms. The molecule has 88 valence electrons. The van der Waals surface area contributed by atoms with E-state index >= 15 is 0 Å². The Morgan fingerprint density at radius 2 is 1.82 bits per heavy atom. The molecule has 0 aliphatic heterocycles. The lowest BCUT2D eigenvalue weighted by atomic mass is 10.1. The smallest absolute Gasteiger partial charge is 0.128 e. The Labute approximate surface area is 110 Å². The van der Waals surface area contributed by atoms with E-state index in [1.807, 2.05) is 18.3 Å². The van der Waals surface area contributed by atoms with Crippen molar-refractivity contribution in [3.05, 3.63) is 58.2 Å². The lowest BCUT2D eigenvalue weighted by Crippen LogP contribution is -2.17. The number of halogens is 1. The predicted octanol–water partition coefficient (Wildman–Crippen LogP) is 3.79. The van der Waals surface area contributed by atoms with E-state index in [-0.39, 0.29) is 0 Å². The fourth-order valence-corrected chi connectivity index (χ4v) is 1.88. The molecule has 0 radical (unpaired) electrons. The van der Waals surface area contributed by atoms with Crippen molar-refractivity contribution in [3.63, 3.8) is 0 Å². The van der Waals surface area contributed by atoms with Gasteiger partial charge in [-0.15, -0.1) is 0 Å².